The standard InChI is InChI=1S/C17H16N2O4S/c1-11-7-9-13(10-8-11)24(21,22)19-12(2)16(20)17-14-5-3-4-6-15(14)18-23-17/h3-10,12,19H,1-2H3/t12-/m0/s1. The third-order valence-electron chi connectivity index (χ3n) is 3.66. The van der Waals surface area contributed by atoms with Crippen LogP contribution < -0.4 is 4.72 Å². The molecule has 1 heterocycles. The molecule has 0 spiro atoms. The molecule has 6 nitrogen and oxygen atoms in total. The fourth-order valence-electron chi connectivity index (χ4n) is 2.34. The van der Waals surface area contributed by atoms with Crippen molar-refractivity contribution in [2.45, 2.75) is 24.8 Å². The number of benzene rings is 2. The van der Waals surface area contributed by atoms with Gasteiger partial charge in [0.05, 0.1) is 16.3 Å². The Kier molecular flexibility index (Phi) is 4.21. The molecular weight excluding hydrogens is 328 g/mol. The molecule has 0 amide bonds. The van der Waals surface area contributed by atoms with Gasteiger partial charge in [-0.15, -0.1) is 0 Å². The first-order valence-electron chi connectivity index (χ1n) is 7.36. The van der Waals surface area contributed by atoms with E-state index in [2.05, 4.69) is 9.88 Å². The van der Waals surface area contributed by atoms with E-state index >= 15 is 0 Å². The van der Waals surface area contributed by atoms with Crippen LogP contribution in [0.25, 0.3) is 10.9 Å². The van der Waals surface area contributed by atoms with E-state index in [4.69, 9.17) is 4.52 Å². The summed E-state index contributed by atoms with van der Waals surface area (Å²) in [7, 11) is -3.80. The zero-order chi connectivity index (χ0) is 17.3. The number of carbonyl (C=O) groups is 1. The number of aryl methyl sites for hydroxylation is 1. The topological polar surface area (TPSA) is 89.3 Å². The lowest BCUT2D eigenvalue weighted by Crippen LogP contribution is -2.38. The van der Waals surface area contributed by atoms with Crippen LogP contribution in [0.2, 0.25) is 0 Å². The Morgan fingerprint density at radius 1 is 1.12 bits per heavy atom. The highest BCUT2D eigenvalue weighted by atomic mass is 32.2. The number of aromatic nitrogens is 1. The van der Waals surface area contributed by atoms with Crippen molar-refractivity contribution in [2.24, 2.45) is 0 Å². The van der Waals surface area contributed by atoms with Crippen molar-refractivity contribution in [3.63, 3.8) is 0 Å². The van der Waals surface area contributed by atoms with Gasteiger partial charge in [0.2, 0.25) is 21.6 Å². The van der Waals surface area contributed by atoms with E-state index in [9.17, 15) is 13.2 Å². The average molecular weight is 344 g/mol. The van der Waals surface area contributed by atoms with Gasteiger partial charge in [0.1, 0.15) is 5.52 Å². The molecule has 1 aromatic heterocycles. The van der Waals surface area contributed by atoms with Crippen molar-refractivity contribution < 1.29 is 17.7 Å². The number of hydrogen-bond donors (Lipinski definition) is 1. The monoisotopic (exact) mass is 344 g/mol. The molecule has 1 N–H and O–H groups in total. The van der Waals surface area contributed by atoms with Crippen LogP contribution >= 0.6 is 0 Å². The second-order valence-electron chi connectivity index (χ2n) is 5.55. The van der Waals surface area contributed by atoms with Gasteiger partial charge in [-0.2, -0.15) is 0 Å². The Morgan fingerprint density at radius 3 is 2.50 bits per heavy atom. The van der Waals surface area contributed by atoms with Gasteiger partial charge in [0.25, 0.3) is 0 Å². The predicted octanol–water partition coefficient (Wildman–Crippen LogP) is 2.69. The number of sulfonamides is 1. The number of fused-ring (bicyclic) bond motifs is 1. The third-order valence-corrected chi connectivity index (χ3v) is 5.22. The molecule has 1 atom stereocenters. The summed E-state index contributed by atoms with van der Waals surface area (Å²) >= 11 is 0. The number of carbonyl (C=O) groups excluding carboxylic acids is 1. The normalized spacial score (nSPS) is 13.1. The van der Waals surface area contributed by atoms with E-state index in [0.717, 1.165) is 5.56 Å². The van der Waals surface area contributed by atoms with Crippen molar-refractivity contribution in [3.05, 3.63) is 59.9 Å². The van der Waals surface area contributed by atoms with Gasteiger partial charge in [0, 0.05) is 0 Å². The maximum Gasteiger partial charge on any atom is 0.241 e. The number of hydrogen-bond acceptors (Lipinski definition) is 5. The fraction of sp³-hybridized carbons (Fsp3) is 0.176. The van der Waals surface area contributed by atoms with Gasteiger partial charge in [-0.3, -0.25) is 4.79 Å². The number of nitrogens with zero attached hydrogens (tertiary/aromatic N) is 1. The van der Waals surface area contributed by atoms with Crippen LogP contribution in [0.15, 0.2) is 57.9 Å². The van der Waals surface area contributed by atoms with E-state index in [0.29, 0.717) is 10.9 Å². The van der Waals surface area contributed by atoms with Crippen molar-refractivity contribution in [3.8, 4) is 0 Å². The molecule has 0 saturated heterocycles. The van der Waals surface area contributed by atoms with Crippen molar-refractivity contribution in [1.29, 1.82) is 0 Å². The minimum atomic E-state index is -3.80. The molecule has 2 aromatic carbocycles. The second-order valence-corrected chi connectivity index (χ2v) is 7.26. The minimum absolute atomic E-state index is 0.0460. The summed E-state index contributed by atoms with van der Waals surface area (Å²) in [5, 5.41) is 4.37. The highest BCUT2D eigenvalue weighted by molar-refractivity contribution is 7.89. The molecule has 0 aliphatic carbocycles. The Bertz CT molecular complexity index is 991. The third kappa shape index (κ3) is 3.08. The van der Waals surface area contributed by atoms with Crippen molar-refractivity contribution in [1.82, 2.24) is 9.88 Å². The molecule has 0 unspecified atom stereocenters. The molecule has 0 aliphatic heterocycles. The summed E-state index contributed by atoms with van der Waals surface area (Å²) in [6.45, 7) is 3.34. The molecule has 24 heavy (non-hydrogen) atoms. The summed E-state index contributed by atoms with van der Waals surface area (Å²) in [6.07, 6.45) is 0. The Balaban J connectivity index is 1.85. The highest BCUT2D eigenvalue weighted by Gasteiger charge is 2.26. The van der Waals surface area contributed by atoms with E-state index in [-0.39, 0.29) is 10.7 Å². The molecule has 0 saturated carbocycles. The summed E-state index contributed by atoms with van der Waals surface area (Å²) in [6, 6.07) is 12.4. The van der Waals surface area contributed by atoms with E-state index in [1.54, 1.807) is 36.4 Å². The zero-order valence-corrected chi connectivity index (χ0v) is 14.0. The van der Waals surface area contributed by atoms with Crippen LogP contribution in [0.4, 0.5) is 0 Å². The maximum absolute atomic E-state index is 12.5. The molecule has 0 fully saturated rings. The molecule has 0 radical (unpaired) electrons. The van der Waals surface area contributed by atoms with Crippen LogP contribution in [0.5, 0.6) is 0 Å². The van der Waals surface area contributed by atoms with E-state index in [1.165, 1.54) is 19.1 Å². The smallest absolute Gasteiger partial charge is 0.241 e. The summed E-state index contributed by atoms with van der Waals surface area (Å²) in [4.78, 5) is 12.6. The molecule has 0 bridgehead atoms. The Hall–Kier alpha value is -2.51. The van der Waals surface area contributed by atoms with E-state index < -0.39 is 21.8 Å². The molecule has 7 heteroatoms. The van der Waals surface area contributed by atoms with Gasteiger partial charge in [-0.05, 0) is 38.1 Å². The number of ketones is 1. The lowest BCUT2D eigenvalue weighted by atomic mass is 10.1. The van der Waals surface area contributed by atoms with Gasteiger partial charge in [-0.1, -0.05) is 35.0 Å². The van der Waals surface area contributed by atoms with Gasteiger partial charge < -0.3 is 4.52 Å². The van der Waals surface area contributed by atoms with E-state index in [1.807, 2.05) is 6.92 Å². The first-order valence-corrected chi connectivity index (χ1v) is 8.84. The maximum atomic E-state index is 12.5. The lowest BCUT2D eigenvalue weighted by molar-refractivity contribution is 0.0927. The van der Waals surface area contributed by atoms with Gasteiger partial charge in [-0.25, -0.2) is 13.1 Å². The molecule has 124 valence electrons. The number of Topliss-reactive ketones (excluding diaryl/α,β-unsaturated/α-hetero) is 1. The molecular formula is C17H16N2O4S. The van der Waals surface area contributed by atoms with Crippen molar-refractivity contribution in [2.75, 3.05) is 0 Å². The summed E-state index contributed by atoms with van der Waals surface area (Å²) in [5.41, 5.74) is 1.50. The van der Waals surface area contributed by atoms with Gasteiger partial charge in [0.15, 0.2) is 0 Å². The van der Waals surface area contributed by atoms with Crippen LogP contribution in [-0.2, 0) is 10.0 Å². The largest absolute Gasteiger partial charge is 0.352 e. The second kappa shape index (κ2) is 6.18. The summed E-state index contributed by atoms with van der Waals surface area (Å²) in [5.74, 6) is -0.427. The molecule has 0 aliphatic rings. The number of rotatable bonds is 5. The highest BCUT2D eigenvalue weighted by Crippen LogP contribution is 2.20. The lowest BCUT2D eigenvalue weighted by Gasteiger charge is -2.12. The number of nitrogens with one attached hydrogen (secondary N) is 1. The van der Waals surface area contributed by atoms with Crippen molar-refractivity contribution >= 4 is 26.7 Å². The Morgan fingerprint density at radius 2 is 1.79 bits per heavy atom. The molecule has 3 rings (SSSR count). The predicted molar refractivity (Wildman–Crippen MR) is 89.3 cm³/mol. The van der Waals surface area contributed by atoms with Crippen LogP contribution in [0.1, 0.15) is 23.0 Å². The van der Waals surface area contributed by atoms with Crippen LogP contribution in [0.3, 0.4) is 0 Å². The Labute approximate surface area is 139 Å². The SMILES string of the molecule is Cc1ccc(S(=O)(=O)N[C@@H](C)C(=O)c2onc3ccccc23)cc1. The first kappa shape index (κ1) is 16.4. The quantitative estimate of drug-likeness (QED) is 0.719. The van der Waals surface area contributed by atoms with Crippen LogP contribution in [0, 0.1) is 6.92 Å². The molecule has 3 aromatic rings. The fourth-order valence-corrected chi connectivity index (χ4v) is 3.54. The average Bonchev–Trinajstić information content (AvgIpc) is 2.98. The zero-order valence-electron chi connectivity index (χ0n) is 13.2. The first-order chi connectivity index (χ1) is 11.4. The van der Waals surface area contributed by atoms with Gasteiger partial charge >= 0.3 is 0 Å². The minimum Gasteiger partial charge on any atom is -0.352 e. The summed E-state index contributed by atoms with van der Waals surface area (Å²) < 4.78 is 32.2. The van der Waals surface area contributed by atoms with Crippen LogP contribution in [-0.4, -0.2) is 25.4 Å².